The van der Waals surface area contributed by atoms with Crippen LogP contribution in [0.5, 0.6) is 11.5 Å². The molecular weight excluding hydrogens is 512 g/mol. The number of hydrogen-bond donors (Lipinski definition) is 0. The fraction of sp³-hybridized carbons (Fsp3) is 0.125. The van der Waals surface area contributed by atoms with Crippen LogP contribution in [0.2, 0.25) is 25.1 Å². The minimum Gasteiger partial charge on any atom is -0.490 e. The Labute approximate surface area is 211 Å². The molecule has 0 radical (unpaired) electrons. The summed E-state index contributed by atoms with van der Waals surface area (Å²) in [6.45, 7) is 2.43. The zero-order chi connectivity index (χ0) is 23.3. The van der Waals surface area contributed by atoms with Crippen LogP contribution in [0.15, 0.2) is 48.5 Å². The zero-order valence-corrected chi connectivity index (χ0v) is 20.5. The zero-order valence-electron chi connectivity index (χ0n) is 16.8. The van der Waals surface area contributed by atoms with Gasteiger partial charge in [0.15, 0.2) is 11.5 Å². The third-order valence-electron chi connectivity index (χ3n) is 4.37. The highest BCUT2D eigenvalue weighted by molar-refractivity contribution is 6.36. The van der Waals surface area contributed by atoms with E-state index in [-0.39, 0.29) is 6.61 Å². The van der Waals surface area contributed by atoms with E-state index in [2.05, 4.69) is 6.07 Å². The van der Waals surface area contributed by atoms with E-state index in [0.717, 1.165) is 5.56 Å². The molecule has 3 aromatic rings. The van der Waals surface area contributed by atoms with E-state index >= 15 is 0 Å². The van der Waals surface area contributed by atoms with Gasteiger partial charge >= 0.3 is 0 Å². The van der Waals surface area contributed by atoms with E-state index in [0.29, 0.717) is 59.9 Å². The van der Waals surface area contributed by atoms with Gasteiger partial charge in [0, 0.05) is 26.2 Å². The van der Waals surface area contributed by atoms with Crippen LogP contribution in [0.4, 0.5) is 0 Å². The molecule has 0 saturated heterocycles. The van der Waals surface area contributed by atoms with Crippen molar-refractivity contribution in [2.75, 3.05) is 6.61 Å². The van der Waals surface area contributed by atoms with Crippen LogP contribution in [-0.4, -0.2) is 6.61 Å². The number of hydrogen-bond acceptors (Lipinski definition) is 3. The maximum Gasteiger partial charge on any atom is 0.180 e. The lowest BCUT2D eigenvalue weighted by atomic mass is 10.0. The van der Waals surface area contributed by atoms with Crippen molar-refractivity contribution in [3.63, 3.8) is 0 Å². The fourth-order valence-electron chi connectivity index (χ4n) is 2.91. The monoisotopic (exact) mass is 525 g/mol. The summed E-state index contributed by atoms with van der Waals surface area (Å²) in [6, 6.07) is 15.7. The third-order valence-corrected chi connectivity index (χ3v) is 5.79. The van der Waals surface area contributed by atoms with Crippen LogP contribution in [-0.2, 0) is 6.61 Å². The van der Waals surface area contributed by atoms with Crippen LogP contribution >= 0.6 is 58.0 Å². The van der Waals surface area contributed by atoms with Crippen molar-refractivity contribution in [3.8, 4) is 17.6 Å². The Hall–Kier alpha value is -2.06. The Balaban J connectivity index is 1.95. The molecule has 0 heterocycles. The highest BCUT2D eigenvalue weighted by atomic mass is 35.5. The van der Waals surface area contributed by atoms with Crippen LogP contribution in [0, 0.1) is 11.3 Å². The third kappa shape index (κ3) is 6.04. The number of benzene rings is 3. The average molecular weight is 528 g/mol. The maximum atomic E-state index is 9.67. The van der Waals surface area contributed by atoms with Gasteiger partial charge < -0.3 is 9.47 Å². The Bertz CT molecular complexity index is 1220. The van der Waals surface area contributed by atoms with Crippen LogP contribution < -0.4 is 9.47 Å². The molecule has 0 fully saturated rings. The van der Waals surface area contributed by atoms with Gasteiger partial charge in [-0.15, -0.1) is 0 Å². The van der Waals surface area contributed by atoms with Crippen molar-refractivity contribution in [1.29, 1.82) is 5.26 Å². The van der Waals surface area contributed by atoms with Gasteiger partial charge in [-0.2, -0.15) is 5.26 Å². The first-order valence-electron chi connectivity index (χ1n) is 9.42. The van der Waals surface area contributed by atoms with E-state index in [1.165, 1.54) is 0 Å². The van der Waals surface area contributed by atoms with Crippen molar-refractivity contribution >= 4 is 69.7 Å². The van der Waals surface area contributed by atoms with E-state index in [9.17, 15) is 5.26 Å². The lowest BCUT2D eigenvalue weighted by Gasteiger charge is -2.15. The van der Waals surface area contributed by atoms with Gasteiger partial charge in [-0.05, 0) is 55.0 Å². The number of nitriles is 1. The van der Waals surface area contributed by atoms with Crippen molar-refractivity contribution in [3.05, 3.63) is 90.3 Å². The summed E-state index contributed by atoms with van der Waals surface area (Å²) in [4.78, 5) is 0. The van der Waals surface area contributed by atoms with E-state index in [1.807, 2.05) is 6.92 Å². The molecule has 8 heteroatoms. The molecule has 0 N–H and O–H groups in total. The first kappa shape index (κ1) is 24.6. The minimum atomic E-state index is 0.175. The molecule has 0 atom stereocenters. The van der Waals surface area contributed by atoms with Crippen molar-refractivity contribution in [2.45, 2.75) is 13.5 Å². The van der Waals surface area contributed by atoms with Crippen molar-refractivity contribution < 1.29 is 9.47 Å². The molecule has 0 spiro atoms. The maximum absolute atomic E-state index is 9.67. The normalized spacial score (nSPS) is 11.2. The summed E-state index contributed by atoms with van der Waals surface area (Å²) in [5.74, 6) is 0.815. The molecule has 32 heavy (non-hydrogen) atoms. The summed E-state index contributed by atoms with van der Waals surface area (Å²) in [5, 5.41) is 11.9. The molecule has 3 nitrogen and oxygen atoms in total. The molecule has 0 aliphatic heterocycles. The summed E-state index contributed by atoms with van der Waals surface area (Å²) < 4.78 is 11.7. The number of nitrogens with zero attached hydrogens (tertiary/aromatic N) is 1. The second-order valence-corrected chi connectivity index (χ2v) is 8.68. The SMILES string of the molecule is CCOc1cc(/C=C(\C#N)c2ccc(Cl)cc2Cl)cc(Cl)c1OCc1ccc(Cl)cc1Cl. The highest BCUT2D eigenvalue weighted by Crippen LogP contribution is 2.39. The summed E-state index contributed by atoms with van der Waals surface area (Å²) >= 11 is 30.9. The quantitative estimate of drug-likeness (QED) is 0.227. The Morgan fingerprint density at radius 1 is 0.875 bits per heavy atom. The van der Waals surface area contributed by atoms with Gasteiger partial charge in [0.2, 0.25) is 0 Å². The van der Waals surface area contributed by atoms with E-state index in [1.54, 1.807) is 54.6 Å². The van der Waals surface area contributed by atoms with Gasteiger partial charge in [0.05, 0.1) is 28.3 Å². The molecule has 0 amide bonds. The predicted molar refractivity (Wildman–Crippen MR) is 133 cm³/mol. The highest BCUT2D eigenvalue weighted by Gasteiger charge is 2.15. The molecule has 3 aromatic carbocycles. The molecule has 0 aliphatic rings. The molecule has 0 saturated carbocycles. The van der Waals surface area contributed by atoms with Gasteiger partial charge in [-0.1, -0.05) is 70.1 Å². The molecule has 0 aromatic heterocycles. The lowest BCUT2D eigenvalue weighted by molar-refractivity contribution is 0.269. The number of rotatable bonds is 7. The second kappa shape index (κ2) is 11.2. The summed E-state index contributed by atoms with van der Waals surface area (Å²) in [7, 11) is 0. The molecule has 164 valence electrons. The number of ether oxygens (including phenoxy) is 2. The molecule has 0 aliphatic carbocycles. The summed E-state index contributed by atoms with van der Waals surface area (Å²) in [5.41, 5.74) is 2.32. The number of allylic oxidation sites excluding steroid dienone is 1. The number of halogens is 5. The van der Waals surface area contributed by atoms with E-state index < -0.39 is 0 Å². The van der Waals surface area contributed by atoms with Crippen molar-refractivity contribution in [1.82, 2.24) is 0 Å². The predicted octanol–water partition coefficient (Wildman–Crippen LogP) is 9.00. The first-order valence-corrected chi connectivity index (χ1v) is 11.3. The largest absolute Gasteiger partial charge is 0.490 e. The van der Waals surface area contributed by atoms with Gasteiger partial charge in [-0.3, -0.25) is 0 Å². The molecule has 0 bridgehead atoms. The average Bonchev–Trinajstić information content (AvgIpc) is 2.73. The summed E-state index contributed by atoms with van der Waals surface area (Å²) in [6.07, 6.45) is 1.67. The Morgan fingerprint density at radius 3 is 2.19 bits per heavy atom. The Kier molecular flexibility index (Phi) is 8.59. The standard InChI is InChI=1S/C24H16Cl5NO2/c1-2-31-23-9-14(7-16(12-30)19-6-5-18(26)11-21(19)28)8-22(29)24(23)32-13-15-3-4-17(25)10-20(15)27/h3-11H,2,13H2,1H3/b16-7+. The van der Waals surface area contributed by atoms with Crippen LogP contribution in [0.3, 0.4) is 0 Å². The van der Waals surface area contributed by atoms with Gasteiger partial charge in [0.25, 0.3) is 0 Å². The first-order chi connectivity index (χ1) is 15.3. The molecular formula is C24H16Cl5NO2. The fourth-order valence-corrected chi connectivity index (χ4v) is 4.15. The van der Waals surface area contributed by atoms with Crippen LogP contribution in [0.1, 0.15) is 23.6 Å². The van der Waals surface area contributed by atoms with Gasteiger partial charge in [-0.25, -0.2) is 0 Å². The smallest absolute Gasteiger partial charge is 0.180 e. The Morgan fingerprint density at radius 2 is 1.56 bits per heavy atom. The minimum absolute atomic E-state index is 0.175. The van der Waals surface area contributed by atoms with Crippen molar-refractivity contribution in [2.24, 2.45) is 0 Å². The van der Waals surface area contributed by atoms with Crippen LogP contribution in [0.25, 0.3) is 11.6 Å². The molecule has 3 rings (SSSR count). The second-order valence-electron chi connectivity index (χ2n) is 6.58. The lowest BCUT2D eigenvalue weighted by Crippen LogP contribution is -2.01. The van der Waals surface area contributed by atoms with Gasteiger partial charge in [0.1, 0.15) is 6.61 Å². The topological polar surface area (TPSA) is 42.2 Å². The molecule has 0 unspecified atom stereocenters. The van der Waals surface area contributed by atoms with E-state index in [4.69, 9.17) is 67.5 Å².